The standard InChI is InChI=1S/C24H29N3O2/c1-16(2)12-20-14-26-23(27-20)19-8-11-22(25-13-19)18-6-9-21(10-7-18)29-15-24(4,5)17(3)28/h6-11,13-14,16,28H,3,12,15H2,1-2,4-5H3,(H,26,27). The van der Waals surface area contributed by atoms with E-state index in [-0.39, 0.29) is 5.76 Å². The Morgan fingerprint density at radius 3 is 2.34 bits per heavy atom. The molecule has 2 aromatic heterocycles. The predicted molar refractivity (Wildman–Crippen MR) is 117 cm³/mol. The van der Waals surface area contributed by atoms with Crippen LogP contribution in [0, 0.1) is 11.3 Å². The van der Waals surface area contributed by atoms with Gasteiger partial charge in [-0.1, -0.05) is 20.4 Å². The van der Waals surface area contributed by atoms with E-state index in [9.17, 15) is 5.11 Å². The number of aromatic amines is 1. The van der Waals surface area contributed by atoms with E-state index in [0.29, 0.717) is 12.5 Å². The van der Waals surface area contributed by atoms with Crippen LogP contribution < -0.4 is 4.74 Å². The van der Waals surface area contributed by atoms with Crippen molar-refractivity contribution < 1.29 is 9.84 Å². The number of aliphatic hydroxyl groups excluding tert-OH is 1. The average Bonchev–Trinajstić information content (AvgIpc) is 3.14. The highest BCUT2D eigenvalue weighted by atomic mass is 16.5. The van der Waals surface area contributed by atoms with Gasteiger partial charge in [-0.25, -0.2) is 4.98 Å². The first kappa shape index (κ1) is 20.6. The Kier molecular flexibility index (Phi) is 6.06. The van der Waals surface area contributed by atoms with Crippen molar-refractivity contribution in [2.75, 3.05) is 6.61 Å². The van der Waals surface area contributed by atoms with Crippen LogP contribution in [-0.2, 0) is 6.42 Å². The molecule has 5 nitrogen and oxygen atoms in total. The average molecular weight is 392 g/mol. The Morgan fingerprint density at radius 2 is 1.76 bits per heavy atom. The van der Waals surface area contributed by atoms with Gasteiger partial charge in [0.15, 0.2) is 0 Å². The third kappa shape index (κ3) is 5.25. The van der Waals surface area contributed by atoms with Gasteiger partial charge in [0, 0.05) is 29.2 Å². The maximum atomic E-state index is 9.61. The van der Waals surface area contributed by atoms with Gasteiger partial charge in [0.25, 0.3) is 0 Å². The Morgan fingerprint density at radius 1 is 1.07 bits per heavy atom. The molecule has 29 heavy (non-hydrogen) atoms. The maximum Gasteiger partial charge on any atom is 0.139 e. The monoisotopic (exact) mass is 391 g/mol. The number of aromatic nitrogens is 3. The van der Waals surface area contributed by atoms with E-state index in [1.165, 1.54) is 0 Å². The summed E-state index contributed by atoms with van der Waals surface area (Å²) in [5.74, 6) is 2.29. The number of rotatable bonds is 8. The lowest BCUT2D eigenvalue weighted by Crippen LogP contribution is -2.23. The van der Waals surface area contributed by atoms with Crippen molar-refractivity contribution in [2.24, 2.45) is 11.3 Å². The lowest BCUT2D eigenvalue weighted by molar-refractivity contribution is 0.159. The molecule has 2 N–H and O–H groups in total. The molecule has 0 aliphatic carbocycles. The lowest BCUT2D eigenvalue weighted by Gasteiger charge is -2.23. The normalized spacial score (nSPS) is 11.6. The molecule has 0 radical (unpaired) electrons. The number of imidazole rings is 1. The van der Waals surface area contributed by atoms with Crippen LogP contribution in [0.25, 0.3) is 22.6 Å². The van der Waals surface area contributed by atoms with Gasteiger partial charge in [0.1, 0.15) is 18.2 Å². The molecule has 2 heterocycles. The van der Waals surface area contributed by atoms with E-state index in [2.05, 4.69) is 35.4 Å². The summed E-state index contributed by atoms with van der Waals surface area (Å²) < 4.78 is 5.78. The van der Waals surface area contributed by atoms with Crippen molar-refractivity contribution >= 4 is 0 Å². The summed E-state index contributed by atoms with van der Waals surface area (Å²) in [5.41, 5.74) is 3.52. The molecule has 0 fully saturated rings. The third-order valence-electron chi connectivity index (χ3n) is 4.82. The molecule has 0 spiro atoms. The van der Waals surface area contributed by atoms with Crippen molar-refractivity contribution in [3.63, 3.8) is 0 Å². The molecule has 0 aliphatic heterocycles. The van der Waals surface area contributed by atoms with Crippen molar-refractivity contribution in [1.29, 1.82) is 0 Å². The Bertz CT molecular complexity index is 955. The number of aliphatic hydroxyl groups is 1. The molecule has 5 heteroatoms. The van der Waals surface area contributed by atoms with Crippen molar-refractivity contribution in [1.82, 2.24) is 15.0 Å². The van der Waals surface area contributed by atoms with Gasteiger partial charge in [-0.05, 0) is 62.6 Å². The third-order valence-corrected chi connectivity index (χ3v) is 4.82. The van der Waals surface area contributed by atoms with Crippen molar-refractivity contribution in [3.8, 4) is 28.4 Å². The van der Waals surface area contributed by atoms with Gasteiger partial charge in [0.05, 0.1) is 16.9 Å². The second-order valence-corrected chi connectivity index (χ2v) is 8.43. The SMILES string of the molecule is C=C(O)C(C)(C)COc1ccc(-c2ccc(-c3ncc(CC(C)C)[nH]3)cn2)cc1. The largest absolute Gasteiger partial charge is 0.512 e. The zero-order valence-corrected chi connectivity index (χ0v) is 17.6. The molecule has 1 aromatic carbocycles. The summed E-state index contributed by atoms with van der Waals surface area (Å²) >= 11 is 0. The molecule has 0 saturated heterocycles. The van der Waals surface area contributed by atoms with Gasteiger partial charge >= 0.3 is 0 Å². The number of H-pyrrole nitrogens is 1. The summed E-state index contributed by atoms with van der Waals surface area (Å²) in [7, 11) is 0. The molecule has 0 aliphatic rings. The molecule has 0 saturated carbocycles. The van der Waals surface area contributed by atoms with Gasteiger partial charge in [-0.3, -0.25) is 4.98 Å². The molecule has 0 amide bonds. The Hall–Kier alpha value is -3.08. The quantitative estimate of drug-likeness (QED) is 0.475. The molecule has 0 atom stereocenters. The van der Waals surface area contributed by atoms with Crippen molar-refractivity contribution in [2.45, 2.75) is 34.1 Å². The summed E-state index contributed by atoms with van der Waals surface area (Å²) in [6.45, 7) is 12.1. The van der Waals surface area contributed by atoms with E-state index < -0.39 is 5.41 Å². The van der Waals surface area contributed by atoms with Crippen LogP contribution >= 0.6 is 0 Å². The molecule has 0 unspecified atom stereocenters. The smallest absolute Gasteiger partial charge is 0.139 e. The number of hydrogen-bond donors (Lipinski definition) is 2. The number of benzene rings is 1. The van der Waals surface area contributed by atoms with Crippen LogP contribution in [-0.4, -0.2) is 26.7 Å². The zero-order valence-electron chi connectivity index (χ0n) is 17.6. The second-order valence-electron chi connectivity index (χ2n) is 8.43. The topological polar surface area (TPSA) is 71.0 Å². The fraction of sp³-hybridized carbons (Fsp3) is 0.333. The summed E-state index contributed by atoms with van der Waals surface area (Å²) in [6.07, 6.45) is 4.72. The van der Waals surface area contributed by atoms with Gasteiger partial charge < -0.3 is 14.8 Å². The van der Waals surface area contributed by atoms with E-state index in [0.717, 1.165) is 40.5 Å². The highest BCUT2D eigenvalue weighted by molar-refractivity contribution is 5.63. The van der Waals surface area contributed by atoms with Gasteiger partial charge in [-0.15, -0.1) is 0 Å². The summed E-state index contributed by atoms with van der Waals surface area (Å²) in [5, 5.41) is 9.61. The number of pyridine rings is 1. The van der Waals surface area contributed by atoms with Crippen LogP contribution in [0.3, 0.4) is 0 Å². The van der Waals surface area contributed by atoms with Crippen LogP contribution in [0.15, 0.2) is 61.1 Å². The van der Waals surface area contributed by atoms with Crippen LogP contribution in [0.4, 0.5) is 0 Å². The van der Waals surface area contributed by atoms with Crippen LogP contribution in [0.2, 0.25) is 0 Å². The minimum absolute atomic E-state index is 0.117. The lowest BCUT2D eigenvalue weighted by atomic mass is 9.93. The minimum atomic E-state index is -0.489. The zero-order chi connectivity index (χ0) is 21.0. The molecular formula is C24H29N3O2. The van der Waals surface area contributed by atoms with Crippen LogP contribution in [0.1, 0.15) is 33.4 Å². The molecular weight excluding hydrogens is 362 g/mol. The highest BCUT2D eigenvalue weighted by Gasteiger charge is 2.22. The first-order valence-corrected chi connectivity index (χ1v) is 9.86. The minimum Gasteiger partial charge on any atom is -0.512 e. The van der Waals surface area contributed by atoms with E-state index in [4.69, 9.17) is 4.74 Å². The second kappa shape index (κ2) is 8.52. The fourth-order valence-corrected chi connectivity index (χ4v) is 2.82. The summed E-state index contributed by atoms with van der Waals surface area (Å²) in [4.78, 5) is 12.4. The van der Waals surface area contributed by atoms with E-state index >= 15 is 0 Å². The van der Waals surface area contributed by atoms with Gasteiger partial charge in [0.2, 0.25) is 0 Å². The summed E-state index contributed by atoms with van der Waals surface area (Å²) in [6, 6.07) is 11.8. The number of nitrogens with one attached hydrogen (secondary N) is 1. The van der Waals surface area contributed by atoms with E-state index in [1.54, 1.807) is 0 Å². The van der Waals surface area contributed by atoms with Crippen LogP contribution in [0.5, 0.6) is 5.75 Å². The van der Waals surface area contributed by atoms with Gasteiger partial charge in [-0.2, -0.15) is 0 Å². The van der Waals surface area contributed by atoms with E-state index in [1.807, 2.05) is 62.6 Å². The van der Waals surface area contributed by atoms with Crippen molar-refractivity contribution in [3.05, 3.63) is 66.8 Å². The molecule has 0 bridgehead atoms. The number of hydrogen-bond acceptors (Lipinski definition) is 4. The maximum absolute atomic E-state index is 9.61. The predicted octanol–water partition coefficient (Wildman–Crippen LogP) is 5.81. The Balaban J connectivity index is 1.67. The number of nitrogens with zero attached hydrogens (tertiary/aromatic N) is 2. The molecule has 3 aromatic rings. The highest BCUT2D eigenvalue weighted by Crippen LogP contribution is 2.26. The molecule has 152 valence electrons. The Labute approximate surface area is 172 Å². The number of ether oxygens (including phenoxy) is 1. The first-order valence-electron chi connectivity index (χ1n) is 9.86. The fourth-order valence-electron chi connectivity index (χ4n) is 2.82. The first-order chi connectivity index (χ1) is 13.7. The molecule has 3 rings (SSSR count).